The van der Waals surface area contributed by atoms with Crippen LogP contribution in [0.15, 0.2) is 0 Å². The highest BCUT2D eigenvalue weighted by Gasteiger charge is 2.22. The average Bonchev–Trinajstić information content (AvgIpc) is 2.29. The van der Waals surface area contributed by atoms with Gasteiger partial charge in [-0.25, -0.2) is 5.84 Å². The van der Waals surface area contributed by atoms with Crippen molar-refractivity contribution in [3.8, 4) is 5.88 Å². The van der Waals surface area contributed by atoms with E-state index < -0.39 is 11.8 Å². The van der Waals surface area contributed by atoms with Gasteiger partial charge < -0.3 is 5.11 Å². The lowest BCUT2D eigenvalue weighted by Gasteiger charge is -2.12. The number of rotatable bonds is 2. The Hall–Kier alpha value is -1.36. The normalized spacial score (nSPS) is 10.1. The zero-order valence-electron chi connectivity index (χ0n) is 8.40. The third-order valence-electron chi connectivity index (χ3n) is 2.11. The van der Waals surface area contributed by atoms with Crippen molar-refractivity contribution in [2.45, 2.75) is 6.54 Å². The fourth-order valence-electron chi connectivity index (χ4n) is 1.16. The van der Waals surface area contributed by atoms with Crippen LogP contribution in [0.3, 0.4) is 0 Å². The minimum Gasteiger partial charge on any atom is -0.460 e. The zero-order chi connectivity index (χ0) is 12.5. The summed E-state index contributed by atoms with van der Waals surface area (Å²) in [7, 11) is 22.1. The molecule has 0 fully saturated rings. The second-order valence-corrected chi connectivity index (χ2v) is 3.10. The molecule has 16 heavy (non-hydrogen) atoms. The number of carbonyl (C=O) groups excluding carboxylic acids is 1. The molecule has 1 rings (SSSR count). The molecule has 0 atom stereocenters. The average molecular weight is 207 g/mol. The Morgan fingerprint density at radius 1 is 1.25 bits per heavy atom. The topological polar surface area (TPSA) is 79.2 Å². The quantitative estimate of drug-likeness (QED) is 0.148. The number of pyridine rings is 1. The van der Waals surface area contributed by atoms with Crippen LogP contribution in [0.25, 0.3) is 0 Å². The smallest absolute Gasteiger partial charge is 0.357 e. The van der Waals surface area contributed by atoms with E-state index in [4.69, 9.17) is 37.2 Å². The van der Waals surface area contributed by atoms with Crippen LogP contribution in [-0.4, -0.2) is 42.4 Å². The van der Waals surface area contributed by atoms with E-state index in [0.717, 1.165) is 4.57 Å². The van der Waals surface area contributed by atoms with Gasteiger partial charge in [-0.1, -0.05) is 10.9 Å². The van der Waals surface area contributed by atoms with Crippen molar-refractivity contribution < 1.29 is 14.5 Å². The predicted molar refractivity (Wildman–Crippen MR) is 62.2 cm³/mol. The number of nitrogens with two attached hydrogens (primary N) is 1. The monoisotopic (exact) mass is 208 g/mol. The second-order valence-electron chi connectivity index (χ2n) is 3.10. The van der Waals surface area contributed by atoms with Gasteiger partial charge in [-0.05, 0) is 0 Å². The first-order chi connectivity index (χ1) is 7.40. The SMILES string of the molecule is [B]c1c([B])c([B])[n+](CC(=O)NN)c(O)c1[B]. The van der Waals surface area contributed by atoms with Crippen LogP contribution < -0.4 is 37.8 Å². The molecule has 0 saturated carbocycles. The summed E-state index contributed by atoms with van der Waals surface area (Å²) in [6.45, 7) is -0.317. The lowest BCUT2D eigenvalue weighted by Crippen LogP contribution is -2.66. The summed E-state index contributed by atoms with van der Waals surface area (Å²) in [4.78, 5) is 11.1. The summed E-state index contributed by atoms with van der Waals surface area (Å²) in [5, 5.41) is 9.63. The van der Waals surface area contributed by atoms with Crippen molar-refractivity contribution in [1.29, 1.82) is 0 Å². The van der Waals surface area contributed by atoms with Gasteiger partial charge in [0.1, 0.15) is 29.1 Å². The van der Waals surface area contributed by atoms with Crippen molar-refractivity contribution >= 4 is 59.3 Å². The van der Waals surface area contributed by atoms with Crippen molar-refractivity contribution in [1.82, 2.24) is 5.43 Å². The van der Waals surface area contributed by atoms with Gasteiger partial charge in [-0.3, -0.25) is 10.2 Å². The lowest BCUT2D eigenvalue weighted by atomic mass is 9.69. The van der Waals surface area contributed by atoms with E-state index in [1.807, 2.05) is 5.43 Å². The van der Waals surface area contributed by atoms with Crippen LogP contribution >= 0.6 is 0 Å². The van der Waals surface area contributed by atoms with Crippen molar-refractivity contribution in [2.75, 3.05) is 0 Å². The number of hydrogen-bond acceptors (Lipinski definition) is 3. The summed E-state index contributed by atoms with van der Waals surface area (Å²) in [5.41, 5.74) is 1.65. The largest absolute Gasteiger partial charge is 0.460 e. The minimum atomic E-state index is -0.574. The number of aromatic nitrogens is 1. The standard InChI is InChI=1S/C7H5B4N3O2/c8-3-4(9)6(11)14(1-2(15)13-12)7(16)5(3)10/h1,12H2,(H,13,15)/p+1. The molecule has 0 bridgehead atoms. The number of nitrogens with zero attached hydrogens (tertiary/aromatic N) is 1. The molecule has 1 aromatic rings. The number of hydrogen-bond donors (Lipinski definition) is 3. The molecule has 0 spiro atoms. The van der Waals surface area contributed by atoms with Gasteiger partial charge in [0.25, 0.3) is 5.91 Å². The Balaban J connectivity index is 3.34. The third kappa shape index (κ3) is 2.09. The minimum absolute atomic E-state index is 0.000112. The Morgan fingerprint density at radius 3 is 2.31 bits per heavy atom. The second kappa shape index (κ2) is 4.65. The van der Waals surface area contributed by atoms with Crippen LogP contribution in [0.1, 0.15) is 0 Å². The first-order valence-electron chi connectivity index (χ1n) is 4.24. The van der Waals surface area contributed by atoms with E-state index >= 15 is 0 Å². The molecule has 0 aromatic carbocycles. The molecule has 0 aliphatic carbocycles. The molecular formula is C7H6B4N3O2+. The molecule has 9 heteroatoms. The van der Waals surface area contributed by atoms with Crippen LogP contribution in [0.2, 0.25) is 0 Å². The van der Waals surface area contributed by atoms with E-state index in [0.29, 0.717) is 0 Å². The molecular weight excluding hydrogens is 201 g/mol. The number of aromatic hydroxyl groups is 1. The van der Waals surface area contributed by atoms with Gasteiger partial charge in [0.15, 0.2) is 0 Å². The Morgan fingerprint density at radius 2 is 1.81 bits per heavy atom. The van der Waals surface area contributed by atoms with Gasteiger partial charge in [0.2, 0.25) is 14.4 Å². The van der Waals surface area contributed by atoms with Gasteiger partial charge in [0, 0.05) is 5.46 Å². The van der Waals surface area contributed by atoms with E-state index in [9.17, 15) is 9.90 Å². The van der Waals surface area contributed by atoms with E-state index in [1.54, 1.807) is 0 Å². The maximum absolute atomic E-state index is 11.1. The van der Waals surface area contributed by atoms with Crippen molar-refractivity contribution in [3.05, 3.63) is 0 Å². The van der Waals surface area contributed by atoms with Crippen LogP contribution in [0.4, 0.5) is 0 Å². The highest BCUT2D eigenvalue weighted by molar-refractivity contribution is 6.61. The fraction of sp³-hybridized carbons (Fsp3) is 0.143. The van der Waals surface area contributed by atoms with Crippen LogP contribution in [0, 0.1) is 0 Å². The molecule has 1 heterocycles. The molecule has 0 aliphatic rings. The lowest BCUT2D eigenvalue weighted by molar-refractivity contribution is -0.671. The molecule has 0 aliphatic heterocycles. The molecule has 72 valence electrons. The van der Waals surface area contributed by atoms with Gasteiger partial charge >= 0.3 is 5.88 Å². The highest BCUT2D eigenvalue weighted by atomic mass is 16.3. The molecule has 8 radical (unpaired) electrons. The highest BCUT2D eigenvalue weighted by Crippen LogP contribution is 1.88. The third-order valence-corrected chi connectivity index (χ3v) is 2.11. The van der Waals surface area contributed by atoms with E-state index in [2.05, 4.69) is 0 Å². The Bertz CT molecular complexity index is 423. The van der Waals surface area contributed by atoms with Crippen molar-refractivity contribution in [2.24, 2.45) is 5.84 Å². The van der Waals surface area contributed by atoms with E-state index in [-0.39, 0.29) is 28.5 Å². The Labute approximate surface area is 98.0 Å². The number of nitrogens with one attached hydrogen (secondary N) is 1. The number of carbonyl (C=O) groups is 1. The van der Waals surface area contributed by atoms with Gasteiger partial charge in [0.05, 0.1) is 0 Å². The molecule has 5 nitrogen and oxygen atoms in total. The first-order valence-corrected chi connectivity index (χ1v) is 4.24. The van der Waals surface area contributed by atoms with Gasteiger partial charge in [-0.15, -0.1) is 0 Å². The maximum atomic E-state index is 11.1. The molecule has 1 aromatic heterocycles. The summed E-state index contributed by atoms with van der Waals surface area (Å²) in [5.74, 6) is 3.89. The summed E-state index contributed by atoms with van der Waals surface area (Å²) >= 11 is 0. The van der Waals surface area contributed by atoms with Gasteiger partial charge in [-0.2, -0.15) is 4.57 Å². The summed E-state index contributed by atoms with van der Waals surface area (Å²) in [6.07, 6.45) is 0. The maximum Gasteiger partial charge on any atom is 0.357 e. The zero-order valence-corrected chi connectivity index (χ0v) is 8.40. The fourth-order valence-corrected chi connectivity index (χ4v) is 1.16. The molecule has 1 amide bonds. The molecule has 4 N–H and O–H groups in total. The summed E-state index contributed by atoms with van der Waals surface area (Å²) in [6, 6.07) is 0. The van der Waals surface area contributed by atoms with Crippen LogP contribution in [0.5, 0.6) is 5.88 Å². The Kier molecular flexibility index (Phi) is 3.70. The first kappa shape index (κ1) is 12.7. The molecule has 0 saturated heterocycles. The number of hydrazine groups is 1. The predicted octanol–water partition coefficient (Wildman–Crippen LogP) is -6.16. The summed E-state index contributed by atoms with van der Waals surface area (Å²) < 4.78 is 1.00. The van der Waals surface area contributed by atoms with Crippen LogP contribution in [-0.2, 0) is 11.3 Å². The molecule has 0 unspecified atom stereocenters. The van der Waals surface area contributed by atoms with E-state index in [1.165, 1.54) is 0 Å². The number of amides is 1. The van der Waals surface area contributed by atoms with Crippen molar-refractivity contribution in [3.63, 3.8) is 0 Å².